The second-order valence-electron chi connectivity index (χ2n) is 6.30. The predicted octanol–water partition coefficient (Wildman–Crippen LogP) is 4.91. The van der Waals surface area contributed by atoms with E-state index in [1.54, 1.807) is 0 Å². The monoisotopic (exact) mass is 254 g/mol. The fourth-order valence-electron chi connectivity index (χ4n) is 3.31. The molecule has 1 aliphatic carbocycles. The van der Waals surface area contributed by atoms with Crippen molar-refractivity contribution in [2.24, 2.45) is 0 Å². The van der Waals surface area contributed by atoms with E-state index in [9.17, 15) is 0 Å². The molecule has 1 atom stereocenters. The molecule has 0 heterocycles. The molecule has 0 saturated carbocycles. The van der Waals surface area contributed by atoms with Crippen molar-refractivity contribution >= 4 is 23.8 Å². The Bertz CT molecular complexity index is 703. The van der Waals surface area contributed by atoms with Crippen molar-refractivity contribution < 1.29 is 0 Å². The molecule has 0 aliphatic heterocycles. The topological polar surface area (TPSA) is 0 Å². The Morgan fingerprint density at radius 1 is 0.800 bits per heavy atom. The number of hydrogen-bond acceptors (Lipinski definition) is 0. The Hall–Kier alpha value is -1.22. The van der Waals surface area contributed by atoms with Gasteiger partial charge in [-0.15, -0.1) is 0 Å². The standard InChI is InChI=1S/C19H19.Li/c1-12-5-13(2)7-16(6-12)18-10-14(3)8-17-9-15(4)11-19(17)18;/h5-11H,1-4H3;. The fourth-order valence-corrected chi connectivity index (χ4v) is 3.31. The van der Waals surface area contributed by atoms with Crippen molar-refractivity contribution in [2.45, 2.75) is 32.3 Å². The first-order chi connectivity index (χ1) is 9.45. The second-order valence-corrected chi connectivity index (χ2v) is 6.30. The van der Waals surface area contributed by atoms with Gasteiger partial charge in [-0.2, -0.15) is 0 Å². The first-order valence-electron chi connectivity index (χ1n) is 7.37. The number of rotatable bonds is 1. The van der Waals surface area contributed by atoms with E-state index < -0.39 is 0 Å². The van der Waals surface area contributed by atoms with Gasteiger partial charge in [0.05, 0.1) is 0 Å². The summed E-state index contributed by atoms with van der Waals surface area (Å²) in [6.45, 7) is 8.80. The van der Waals surface area contributed by atoms with Crippen molar-refractivity contribution in [3.05, 3.63) is 63.7 Å². The number of benzene rings is 2. The molecular weight excluding hydrogens is 235 g/mol. The molecule has 0 N–H and O–H groups in total. The molecule has 3 rings (SSSR count). The van der Waals surface area contributed by atoms with Crippen LogP contribution < -0.4 is 0 Å². The summed E-state index contributed by atoms with van der Waals surface area (Å²) in [7, 11) is 0. The van der Waals surface area contributed by atoms with Crippen LogP contribution in [0.25, 0.3) is 17.2 Å². The fraction of sp³-hybridized carbons (Fsp3) is 0.263. The molecule has 0 aromatic heterocycles. The summed E-state index contributed by atoms with van der Waals surface area (Å²) < 4.78 is 0.551. The minimum atomic E-state index is 0.551. The summed E-state index contributed by atoms with van der Waals surface area (Å²) in [5, 5.41) is 0. The summed E-state index contributed by atoms with van der Waals surface area (Å²) in [6, 6.07) is 11.5. The third-order valence-electron chi connectivity index (χ3n) is 4.41. The minimum absolute atomic E-state index is 0.551. The zero-order valence-electron chi connectivity index (χ0n) is 13.0. The summed E-state index contributed by atoms with van der Waals surface area (Å²) in [5.74, 6) is 0. The van der Waals surface area contributed by atoms with E-state index >= 15 is 0 Å². The average molecular weight is 254 g/mol. The van der Waals surface area contributed by atoms with Gasteiger partial charge in [-0.1, -0.05) is 0 Å². The van der Waals surface area contributed by atoms with Gasteiger partial charge >= 0.3 is 131 Å². The van der Waals surface area contributed by atoms with Gasteiger partial charge in [0.15, 0.2) is 0 Å². The van der Waals surface area contributed by atoms with Crippen LogP contribution in [0.1, 0.15) is 39.3 Å². The SMILES string of the molecule is [Li][CH]1C(C)=Cc2c(-c3cc(C)cc(C)c3)cc(C)cc21. The van der Waals surface area contributed by atoms with Gasteiger partial charge < -0.3 is 0 Å². The summed E-state index contributed by atoms with van der Waals surface area (Å²) in [6.07, 6.45) is 2.37. The van der Waals surface area contributed by atoms with Crippen molar-refractivity contribution in [1.29, 1.82) is 0 Å². The van der Waals surface area contributed by atoms with Gasteiger partial charge in [-0.3, -0.25) is 0 Å². The van der Waals surface area contributed by atoms with Crippen LogP contribution in [0.15, 0.2) is 35.9 Å². The molecule has 96 valence electrons. The van der Waals surface area contributed by atoms with E-state index in [0.29, 0.717) is 4.59 Å². The third-order valence-corrected chi connectivity index (χ3v) is 4.41. The molecule has 2 aromatic carbocycles. The van der Waals surface area contributed by atoms with E-state index in [1.165, 1.54) is 44.5 Å². The van der Waals surface area contributed by atoms with E-state index in [-0.39, 0.29) is 0 Å². The van der Waals surface area contributed by atoms with Gasteiger partial charge in [-0.05, 0) is 0 Å². The van der Waals surface area contributed by atoms with Crippen molar-refractivity contribution in [2.75, 3.05) is 0 Å². The van der Waals surface area contributed by atoms with E-state index in [4.69, 9.17) is 0 Å². The molecule has 0 radical (unpaired) electrons. The van der Waals surface area contributed by atoms with Crippen LogP contribution in [0.2, 0.25) is 0 Å². The summed E-state index contributed by atoms with van der Waals surface area (Å²) >= 11 is 2.31. The first kappa shape index (κ1) is 13.7. The van der Waals surface area contributed by atoms with Crippen LogP contribution in [0.3, 0.4) is 0 Å². The molecule has 1 heteroatoms. The van der Waals surface area contributed by atoms with Crippen LogP contribution in [0.5, 0.6) is 0 Å². The van der Waals surface area contributed by atoms with Crippen LogP contribution >= 0.6 is 0 Å². The predicted molar refractivity (Wildman–Crippen MR) is 88.2 cm³/mol. The quantitative estimate of drug-likeness (QED) is 0.634. The van der Waals surface area contributed by atoms with Crippen molar-refractivity contribution in [3.63, 3.8) is 0 Å². The third kappa shape index (κ3) is 2.28. The maximum absolute atomic E-state index is 2.37. The van der Waals surface area contributed by atoms with Crippen LogP contribution in [-0.4, -0.2) is 17.7 Å². The number of allylic oxidation sites excluding steroid dienone is 1. The maximum atomic E-state index is 2.37. The van der Waals surface area contributed by atoms with Crippen molar-refractivity contribution in [1.82, 2.24) is 0 Å². The molecule has 0 bridgehead atoms. The van der Waals surface area contributed by atoms with Gasteiger partial charge in [0.2, 0.25) is 0 Å². The molecule has 0 fully saturated rings. The zero-order chi connectivity index (χ0) is 14.4. The number of aryl methyl sites for hydroxylation is 3. The molecule has 0 spiro atoms. The summed E-state index contributed by atoms with van der Waals surface area (Å²) in [4.78, 5) is 0. The number of hydrogen-bond donors (Lipinski definition) is 0. The Kier molecular flexibility index (Phi) is 3.41. The normalized spacial score (nSPS) is 17.1. The Morgan fingerprint density at radius 2 is 1.40 bits per heavy atom. The van der Waals surface area contributed by atoms with Gasteiger partial charge in [0.25, 0.3) is 0 Å². The molecule has 0 saturated heterocycles. The first-order valence-corrected chi connectivity index (χ1v) is 7.37. The number of fused-ring (bicyclic) bond motifs is 1. The van der Waals surface area contributed by atoms with Gasteiger partial charge in [0, 0.05) is 0 Å². The van der Waals surface area contributed by atoms with Crippen LogP contribution in [0, 0.1) is 20.8 Å². The molecule has 1 aliphatic rings. The molecule has 1 unspecified atom stereocenters. The van der Waals surface area contributed by atoms with Crippen molar-refractivity contribution in [3.8, 4) is 11.1 Å². The Balaban J connectivity index is 2.27. The Labute approximate surface area is 131 Å². The van der Waals surface area contributed by atoms with E-state index in [2.05, 4.69) is 81.8 Å². The van der Waals surface area contributed by atoms with E-state index in [1.807, 2.05) is 0 Å². The molecular formula is C19H19Li. The summed E-state index contributed by atoms with van der Waals surface area (Å²) in [5.41, 5.74) is 11.1. The van der Waals surface area contributed by atoms with Crippen LogP contribution in [-0.2, 0) is 0 Å². The van der Waals surface area contributed by atoms with Crippen LogP contribution in [0.4, 0.5) is 0 Å². The van der Waals surface area contributed by atoms with E-state index in [0.717, 1.165) is 0 Å². The Morgan fingerprint density at radius 3 is 2.05 bits per heavy atom. The second kappa shape index (κ2) is 4.96. The molecule has 0 nitrogen and oxygen atoms in total. The molecule has 20 heavy (non-hydrogen) atoms. The van der Waals surface area contributed by atoms with Gasteiger partial charge in [0.1, 0.15) is 0 Å². The molecule has 0 amide bonds. The average Bonchev–Trinajstić information content (AvgIpc) is 2.64. The van der Waals surface area contributed by atoms with Gasteiger partial charge in [-0.25, -0.2) is 0 Å². The molecule has 2 aromatic rings. The zero-order valence-corrected chi connectivity index (χ0v) is 13.0.